The molecule has 3 N–H and O–H groups in total. The molecule has 6 heteroatoms. The number of para-hydroxylation sites is 1. The fourth-order valence-corrected chi connectivity index (χ4v) is 1.86. The monoisotopic (exact) mass is 296 g/mol. The number of thiocarbonyl (C=S) groups is 1. The number of nitrogens with two attached hydrogens (primary N) is 1. The lowest BCUT2D eigenvalue weighted by Crippen LogP contribution is -2.19. The van der Waals surface area contributed by atoms with E-state index >= 15 is 0 Å². The molecule has 1 aromatic carbocycles. The van der Waals surface area contributed by atoms with E-state index < -0.39 is 0 Å². The molecule has 0 aliphatic heterocycles. The molecule has 0 heterocycles. The van der Waals surface area contributed by atoms with Crippen LogP contribution in [0.5, 0.6) is 5.75 Å². The number of carbonyl (C=O) groups excluding carboxylic acids is 1. The lowest BCUT2D eigenvalue weighted by Gasteiger charge is -2.15. The van der Waals surface area contributed by atoms with E-state index in [1.807, 2.05) is 6.92 Å². The summed E-state index contributed by atoms with van der Waals surface area (Å²) in [7, 11) is 3.15. The Labute approximate surface area is 124 Å². The Bertz CT molecular complexity index is 491. The summed E-state index contributed by atoms with van der Waals surface area (Å²) >= 11 is 4.99. The van der Waals surface area contributed by atoms with Crippen LogP contribution in [0.25, 0.3) is 0 Å². The Kier molecular flexibility index (Phi) is 6.41. The van der Waals surface area contributed by atoms with Gasteiger partial charge in [0.1, 0.15) is 10.7 Å². The van der Waals surface area contributed by atoms with Gasteiger partial charge in [-0.2, -0.15) is 0 Å². The van der Waals surface area contributed by atoms with Crippen LogP contribution in [0.15, 0.2) is 18.2 Å². The van der Waals surface area contributed by atoms with Crippen LogP contribution in [0.2, 0.25) is 0 Å². The highest BCUT2D eigenvalue weighted by Gasteiger charge is 2.14. The number of rotatable bonds is 7. The summed E-state index contributed by atoms with van der Waals surface area (Å²) < 4.78 is 10.3. The average Bonchev–Trinajstić information content (AvgIpc) is 2.44. The summed E-state index contributed by atoms with van der Waals surface area (Å²) in [6.45, 7) is 1.91. The van der Waals surface area contributed by atoms with Crippen molar-refractivity contribution >= 4 is 28.8 Å². The predicted molar refractivity (Wildman–Crippen MR) is 83.2 cm³/mol. The van der Waals surface area contributed by atoms with Gasteiger partial charge in [0.15, 0.2) is 0 Å². The first-order chi connectivity index (χ1) is 9.49. The third kappa shape index (κ3) is 4.47. The van der Waals surface area contributed by atoms with Gasteiger partial charge in [-0.25, -0.2) is 0 Å². The van der Waals surface area contributed by atoms with E-state index in [-0.39, 0.29) is 17.0 Å². The van der Waals surface area contributed by atoms with E-state index in [9.17, 15) is 4.79 Å². The third-order valence-electron chi connectivity index (χ3n) is 2.96. The van der Waals surface area contributed by atoms with E-state index in [1.165, 1.54) is 7.11 Å². The Balaban J connectivity index is 2.85. The number of benzene rings is 1. The molecule has 20 heavy (non-hydrogen) atoms. The van der Waals surface area contributed by atoms with Crippen LogP contribution in [-0.2, 0) is 9.53 Å². The van der Waals surface area contributed by atoms with Crippen LogP contribution in [-0.4, -0.2) is 31.2 Å². The molecular formula is C14H20N2O3S. The van der Waals surface area contributed by atoms with Gasteiger partial charge >= 0.3 is 0 Å². The fraction of sp³-hybridized carbons (Fsp3) is 0.429. The van der Waals surface area contributed by atoms with Crippen molar-refractivity contribution in [3.05, 3.63) is 23.8 Å². The minimum absolute atomic E-state index is 0.0356. The fourth-order valence-electron chi connectivity index (χ4n) is 1.69. The van der Waals surface area contributed by atoms with Crippen molar-refractivity contribution in [2.45, 2.75) is 25.9 Å². The topological polar surface area (TPSA) is 73.6 Å². The Morgan fingerprint density at radius 2 is 2.15 bits per heavy atom. The molecule has 1 atom stereocenters. The van der Waals surface area contributed by atoms with Crippen molar-refractivity contribution in [1.82, 2.24) is 0 Å². The molecular weight excluding hydrogens is 276 g/mol. The maximum absolute atomic E-state index is 12.0. The Morgan fingerprint density at radius 1 is 1.45 bits per heavy atom. The molecule has 1 unspecified atom stereocenters. The Hall–Kier alpha value is -1.66. The Morgan fingerprint density at radius 3 is 2.70 bits per heavy atom. The number of methoxy groups -OCH3 is 2. The highest BCUT2D eigenvalue weighted by atomic mass is 32.1. The number of hydrogen-bond acceptors (Lipinski definition) is 4. The molecule has 110 valence electrons. The predicted octanol–water partition coefficient (Wildman–Crippen LogP) is 2.08. The van der Waals surface area contributed by atoms with E-state index in [0.29, 0.717) is 29.8 Å². The zero-order chi connectivity index (χ0) is 15.1. The number of nitrogens with one attached hydrogen (secondary N) is 1. The molecule has 0 radical (unpaired) electrons. The highest BCUT2D eigenvalue weighted by molar-refractivity contribution is 7.80. The van der Waals surface area contributed by atoms with Gasteiger partial charge < -0.3 is 20.5 Å². The normalized spacial score (nSPS) is 11.8. The summed E-state index contributed by atoms with van der Waals surface area (Å²) in [5, 5.41) is 2.80. The largest absolute Gasteiger partial charge is 0.495 e. The van der Waals surface area contributed by atoms with Crippen molar-refractivity contribution < 1.29 is 14.3 Å². The number of hydrogen-bond donors (Lipinski definition) is 2. The molecule has 1 amide bonds. The molecule has 0 aliphatic carbocycles. The van der Waals surface area contributed by atoms with E-state index in [1.54, 1.807) is 25.3 Å². The van der Waals surface area contributed by atoms with Crippen LogP contribution in [0.3, 0.4) is 0 Å². The van der Waals surface area contributed by atoms with Gasteiger partial charge in [0, 0.05) is 19.1 Å². The standard InChI is InChI=1S/C14H20N2O3S/c1-9(18-2)7-8-12(17)16-13-10(14(15)20)5-4-6-11(13)19-3/h4-6,9H,7-8H2,1-3H3,(H2,15,20)(H,16,17). The molecule has 1 aromatic rings. The minimum Gasteiger partial charge on any atom is -0.495 e. The first-order valence-electron chi connectivity index (χ1n) is 6.29. The molecule has 0 fully saturated rings. The van der Waals surface area contributed by atoms with Gasteiger partial charge in [-0.05, 0) is 25.5 Å². The van der Waals surface area contributed by atoms with Crippen LogP contribution in [0.1, 0.15) is 25.3 Å². The van der Waals surface area contributed by atoms with Crippen molar-refractivity contribution in [3.8, 4) is 5.75 Å². The van der Waals surface area contributed by atoms with Crippen LogP contribution < -0.4 is 15.8 Å². The van der Waals surface area contributed by atoms with E-state index in [0.717, 1.165) is 0 Å². The quantitative estimate of drug-likeness (QED) is 0.754. The van der Waals surface area contributed by atoms with Crippen molar-refractivity contribution in [3.63, 3.8) is 0 Å². The van der Waals surface area contributed by atoms with Crippen molar-refractivity contribution in [2.24, 2.45) is 5.73 Å². The van der Waals surface area contributed by atoms with Gasteiger partial charge in [-0.3, -0.25) is 4.79 Å². The summed E-state index contributed by atoms with van der Waals surface area (Å²) in [4.78, 5) is 12.2. The SMILES string of the molecule is COc1cccc(C(N)=S)c1NC(=O)CCC(C)OC. The first kappa shape index (κ1) is 16.4. The molecule has 0 aromatic heterocycles. The maximum Gasteiger partial charge on any atom is 0.224 e. The van der Waals surface area contributed by atoms with Crippen LogP contribution in [0, 0.1) is 0 Å². The lowest BCUT2D eigenvalue weighted by atomic mass is 10.1. The summed E-state index contributed by atoms with van der Waals surface area (Å²) in [6.07, 6.45) is 1.03. The maximum atomic E-state index is 12.0. The number of carbonyl (C=O) groups is 1. The molecule has 0 aliphatic rings. The van der Waals surface area contributed by atoms with E-state index in [4.69, 9.17) is 27.4 Å². The van der Waals surface area contributed by atoms with Crippen LogP contribution >= 0.6 is 12.2 Å². The number of amides is 1. The third-order valence-corrected chi connectivity index (χ3v) is 3.18. The average molecular weight is 296 g/mol. The van der Waals surface area contributed by atoms with Crippen molar-refractivity contribution in [2.75, 3.05) is 19.5 Å². The van der Waals surface area contributed by atoms with Gasteiger partial charge in [0.25, 0.3) is 0 Å². The number of ether oxygens (including phenoxy) is 2. The number of anilines is 1. The van der Waals surface area contributed by atoms with Gasteiger partial charge in [0.2, 0.25) is 5.91 Å². The first-order valence-corrected chi connectivity index (χ1v) is 6.69. The van der Waals surface area contributed by atoms with Gasteiger partial charge in [-0.15, -0.1) is 0 Å². The molecule has 5 nitrogen and oxygen atoms in total. The van der Waals surface area contributed by atoms with E-state index in [2.05, 4.69) is 5.32 Å². The molecule has 0 bridgehead atoms. The van der Waals surface area contributed by atoms with Gasteiger partial charge in [0.05, 0.1) is 18.9 Å². The highest BCUT2D eigenvalue weighted by Crippen LogP contribution is 2.28. The second-order valence-corrected chi connectivity index (χ2v) is 4.82. The molecule has 1 rings (SSSR count). The molecule has 0 spiro atoms. The minimum atomic E-state index is -0.129. The summed E-state index contributed by atoms with van der Waals surface area (Å²) in [5.41, 5.74) is 6.76. The van der Waals surface area contributed by atoms with Gasteiger partial charge in [-0.1, -0.05) is 18.3 Å². The molecule has 0 saturated heterocycles. The smallest absolute Gasteiger partial charge is 0.224 e. The lowest BCUT2D eigenvalue weighted by molar-refractivity contribution is -0.116. The molecule has 0 saturated carbocycles. The van der Waals surface area contributed by atoms with Crippen LogP contribution in [0.4, 0.5) is 5.69 Å². The summed E-state index contributed by atoms with van der Waals surface area (Å²) in [6, 6.07) is 5.27. The second-order valence-electron chi connectivity index (χ2n) is 4.38. The van der Waals surface area contributed by atoms with Crippen molar-refractivity contribution in [1.29, 1.82) is 0 Å². The zero-order valence-electron chi connectivity index (χ0n) is 11.9. The summed E-state index contributed by atoms with van der Waals surface area (Å²) in [5.74, 6) is 0.402. The zero-order valence-corrected chi connectivity index (χ0v) is 12.8. The second kappa shape index (κ2) is 7.81.